The van der Waals surface area contributed by atoms with Crippen LogP contribution in [0.2, 0.25) is 0 Å². The summed E-state index contributed by atoms with van der Waals surface area (Å²) in [4.78, 5) is 17.0. The number of fused-ring (bicyclic) bond motifs is 3. The van der Waals surface area contributed by atoms with E-state index in [1.165, 1.54) is 0 Å². The third-order valence-electron chi connectivity index (χ3n) is 5.77. The first-order valence-electron chi connectivity index (χ1n) is 8.79. The molecule has 2 fully saturated rings. The normalized spacial score (nSPS) is 22.0. The maximum Gasteiger partial charge on any atom is 0.322 e. The molecule has 0 atom stereocenters. The SMILES string of the molecule is COc1cc2c(c(OC)c1)CC=C1N(C2)C(=O)NC12CCN(C)CC2. The lowest BCUT2D eigenvalue weighted by Gasteiger charge is -2.38. The number of urea groups is 1. The second-order valence-corrected chi connectivity index (χ2v) is 7.16. The molecule has 0 unspecified atom stereocenters. The van der Waals surface area contributed by atoms with Crippen molar-refractivity contribution in [3.63, 3.8) is 0 Å². The summed E-state index contributed by atoms with van der Waals surface area (Å²) in [6, 6.07) is 3.94. The maximum absolute atomic E-state index is 12.7. The van der Waals surface area contributed by atoms with Gasteiger partial charge in [-0.1, -0.05) is 6.08 Å². The monoisotopic (exact) mass is 343 g/mol. The van der Waals surface area contributed by atoms with E-state index in [-0.39, 0.29) is 11.6 Å². The Kier molecular flexibility index (Phi) is 3.87. The molecule has 0 radical (unpaired) electrons. The Morgan fingerprint density at radius 2 is 1.92 bits per heavy atom. The highest BCUT2D eigenvalue weighted by molar-refractivity contribution is 5.82. The molecule has 2 amide bonds. The topological polar surface area (TPSA) is 54.0 Å². The molecular weight excluding hydrogens is 318 g/mol. The Morgan fingerprint density at radius 1 is 1.16 bits per heavy atom. The summed E-state index contributed by atoms with van der Waals surface area (Å²) >= 11 is 0. The van der Waals surface area contributed by atoms with Crippen LogP contribution in [0.4, 0.5) is 4.79 Å². The summed E-state index contributed by atoms with van der Waals surface area (Å²) in [6.07, 6.45) is 4.88. The molecule has 0 saturated carbocycles. The van der Waals surface area contributed by atoms with Crippen LogP contribution in [0.1, 0.15) is 24.0 Å². The fourth-order valence-corrected chi connectivity index (χ4v) is 4.26. The number of nitrogens with zero attached hydrogens (tertiary/aromatic N) is 2. The molecule has 134 valence electrons. The predicted molar refractivity (Wildman–Crippen MR) is 94.9 cm³/mol. The fraction of sp³-hybridized carbons (Fsp3) is 0.526. The Morgan fingerprint density at radius 3 is 2.60 bits per heavy atom. The average molecular weight is 343 g/mol. The number of rotatable bonds is 2. The number of benzene rings is 1. The van der Waals surface area contributed by atoms with Crippen LogP contribution in [-0.2, 0) is 13.0 Å². The lowest BCUT2D eigenvalue weighted by molar-refractivity contribution is 0.194. The van der Waals surface area contributed by atoms with Crippen LogP contribution < -0.4 is 14.8 Å². The van der Waals surface area contributed by atoms with Crippen LogP contribution in [0.3, 0.4) is 0 Å². The zero-order chi connectivity index (χ0) is 17.6. The summed E-state index contributed by atoms with van der Waals surface area (Å²) < 4.78 is 11.0. The standard InChI is InChI=1S/C19H25N3O3/c1-21-8-6-19(7-9-21)17-5-4-15-13(12-22(17)18(23)20-19)10-14(24-2)11-16(15)25-3/h5,10-11H,4,6-9,12H2,1-3H3,(H,20,23). The van der Waals surface area contributed by atoms with Crippen molar-refractivity contribution in [3.8, 4) is 11.5 Å². The van der Waals surface area contributed by atoms with Gasteiger partial charge in [-0.2, -0.15) is 0 Å². The summed E-state index contributed by atoms with van der Waals surface area (Å²) in [5.74, 6) is 1.58. The van der Waals surface area contributed by atoms with Crippen molar-refractivity contribution in [2.75, 3.05) is 34.4 Å². The fourth-order valence-electron chi connectivity index (χ4n) is 4.26. The number of carbonyl (C=O) groups excluding carboxylic acids is 1. The molecule has 1 aromatic carbocycles. The van der Waals surface area contributed by atoms with E-state index < -0.39 is 0 Å². The largest absolute Gasteiger partial charge is 0.497 e. The van der Waals surface area contributed by atoms with Gasteiger partial charge in [-0.15, -0.1) is 0 Å². The van der Waals surface area contributed by atoms with Crippen molar-refractivity contribution in [2.45, 2.75) is 31.3 Å². The first-order valence-corrected chi connectivity index (χ1v) is 8.79. The lowest BCUT2D eigenvalue weighted by atomic mass is 9.84. The number of piperidine rings is 1. The molecule has 1 N–H and O–H groups in total. The van der Waals surface area contributed by atoms with Gasteiger partial charge in [0.1, 0.15) is 11.5 Å². The third kappa shape index (κ3) is 2.56. The quantitative estimate of drug-likeness (QED) is 0.894. The van der Waals surface area contributed by atoms with Gasteiger partial charge in [0.15, 0.2) is 0 Å². The minimum absolute atomic E-state index is 0.00504. The van der Waals surface area contributed by atoms with Gasteiger partial charge in [0.25, 0.3) is 0 Å². The number of hydrogen-bond acceptors (Lipinski definition) is 4. The van der Waals surface area contributed by atoms with E-state index in [0.29, 0.717) is 6.54 Å². The Hall–Kier alpha value is -2.21. The minimum atomic E-state index is -0.219. The maximum atomic E-state index is 12.7. The van der Waals surface area contributed by atoms with Crippen LogP contribution in [0.25, 0.3) is 0 Å². The van der Waals surface area contributed by atoms with Gasteiger partial charge >= 0.3 is 6.03 Å². The van der Waals surface area contributed by atoms with Crippen molar-refractivity contribution < 1.29 is 14.3 Å². The summed E-state index contributed by atoms with van der Waals surface area (Å²) in [6.45, 7) is 2.54. The van der Waals surface area contributed by atoms with Gasteiger partial charge in [-0.05, 0) is 37.9 Å². The van der Waals surface area contributed by atoms with Crippen molar-refractivity contribution in [1.82, 2.24) is 15.1 Å². The van der Waals surface area contributed by atoms with E-state index in [1.807, 2.05) is 17.0 Å². The Bertz CT molecular complexity index is 736. The number of likely N-dealkylation sites (tertiary alicyclic amines) is 1. The zero-order valence-electron chi connectivity index (χ0n) is 15.1. The van der Waals surface area contributed by atoms with Crippen molar-refractivity contribution >= 4 is 6.03 Å². The Labute approximate surface area is 148 Å². The van der Waals surface area contributed by atoms with Gasteiger partial charge in [0, 0.05) is 30.4 Å². The van der Waals surface area contributed by atoms with Crippen LogP contribution in [0.15, 0.2) is 23.9 Å². The van der Waals surface area contributed by atoms with Gasteiger partial charge in [-0.3, -0.25) is 4.90 Å². The Balaban J connectivity index is 1.73. The smallest absolute Gasteiger partial charge is 0.322 e. The highest BCUT2D eigenvalue weighted by Crippen LogP contribution is 2.41. The molecule has 6 heteroatoms. The third-order valence-corrected chi connectivity index (χ3v) is 5.77. The summed E-state index contributed by atoms with van der Waals surface area (Å²) in [5, 5.41) is 3.28. The molecule has 0 bridgehead atoms. The van der Waals surface area contributed by atoms with E-state index >= 15 is 0 Å². The van der Waals surface area contributed by atoms with Gasteiger partial charge in [0.2, 0.25) is 0 Å². The molecule has 0 aromatic heterocycles. The number of carbonyl (C=O) groups is 1. The number of nitrogens with one attached hydrogen (secondary N) is 1. The van der Waals surface area contributed by atoms with Gasteiger partial charge in [-0.25, -0.2) is 4.79 Å². The second-order valence-electron chi connectivity index (χ2n) is 7.16. The molecule has 3 aliphatic rings. The molecule has 2 saturated heterocycles. The zero-order valence-corrected chi connectivity index (χ0v) is 15.1. The molecule has 4 rings (SSSR count). The highest BCUT2D eigenvalue weighted by atomic mass is 16.5. The van der Waals surface area contributed by atoms with E-state index in [2.05, 4.69) is 23.3 Å². The van der Waals surface area contributed by atoms with Crippen molar-refractivity contribution in [1.29, 1.82) is 0 Å². The highest BCUT2D eigenvalue weighted by Gasteiger charge is 2.48. The summed E-state index contributed by atoms with van der Waals surface area (Å²) in [7, 11) is 5.47. The number of ether oxygens (including phenoxy) is 2. The minimum Gasteiger partial charge on any atom is -0.497 e. The van der Waals surface area contributed by atoms with E-state index in [0.717, 1.165) is 60.7 Å². The molecule has 1 aromatic rings. The molecule has 0 aliphatic carbocycles. The van der Waals surface area contributed by atoms with Crippen LogP contribution in [-0.4, -0.2) is 55.7 Å². The number of allylic oxidation sites excluding steroid dienone is 1. The van der Waals surface area contributed by atoms with Crippen LogP contribution in [0, 0.1) is 0 Å². The predicted octanol–water partition coefficient (Wildman–Crippen LogP) is 2.13. The first kappa shape index (κ1) is 16.3. The average Bonchev–Trinajstić information content (AvgIpc) is 2.76. The molecule has 1 spiro atoms. The second kappa shape index (κ2) is 5.95. The van der Waals surface area contributed by atoms with E-state index in [4.69, 9.17) is 9.47 Å². The van der Waals surface area contributed by atoms with Gasteiger partial charge < -0.3 is 19.7 Å². The molecule has 25 heavy (non-hydrogen) atoms. The molecule has 3 heterocycles. The summed E-state index contributed by atoms with van der Waals surface area (Å²) in [5.41, 5.74) is 3.13. The number of amides is 2. The first-order chi connectivity index (χ1) is 12.1. The van der Waals surface area contributed by atoms with Crippen LogP contribution in [0.5, 0.6) is 11.5 Å². The molecule has 6 nitrogen and oxygen atoms in total. The molecular formula is C19H25N3O3. The lowest BCUT2D eigenvalue weighted by Crippen LogP contribution is -2.50. The van der Waals surface area contributed by atoms with Crippen LogP contribution >= 0.6 is 0 Å². The van der Waals surface area contributed by atoms with E-state index in [9.17, 15) is 4.79 Å². The van der Waals surface area contributed by atoms with E-state index in [1.54, 1.807) is 14.2 Å². The van der Waals surface area contributed by atoms with Crippen molar-refractivity contribution in [3.05, 3.63) is 35.0 Å². The number of methoxy groups -OCH3 is 2. The molecule has 3 aliphatic heterocycles. The van der Waals surface area contributed by atoms with Gasteiger partial charge in [0.05, 0.1) is 26.3 Å². The number of hydrogen-bond donors (Lipinski definition) is 1. The van der Waals surface area contributed by atoms with Crippen molar-refractivity contribution in [2.24, 2.45) is 0 Å².